The van der Waals surface area contributed by atoms with Crippen molar-refractivity contribution >= 4 is 11.6 Å². The SMILES string of the molecule is NC[C@@H]1CN(CCC(=O)Nc2cc(F)cc(F)c2)C[C@H]1c1ccccc1. The van der Waals surface area contributed by atoms with Gasteiger partial charge in [-0.3, -0.25) is 4.79 Å². The van der Waals surface area contributed by atoms with E-state index in [1.165, 1.54) is 5.56 Å². The van der Waals surface area contributed by atoms with E-state index in [9.17, 15) is 13.6 Å². The van der Waals surface area contributed by atoms with Gasteiger partial charge < -0.3 is 16.0 Å². The van der Waals surface area contributed by atoms with Crippen LogP contribution in [0, 0.1) is 17.6 Å². The Morgan fingerprint density at radius 3 is 2.46 bits per heavy atom. The number of likely N-dealkylation sites (tertiary alicyclic amines) is 1. The average Bonchev–Trinajstić information content (AvgIpc) is 3.03. The van der Waals surface area contributed by atoms with Gasteiger partial charge in [-0.15, -0.1) is 0 Å². The van der Waals surface area contributed by atoms with Crippen LogP contribution in [0.1, 0.15) is 17.9 Å². The van der Waals surface area contributed by atoms with Gasteiger partial charge >= 0.3 is 0 Å². The second-order valence-corrected chi connectivity index (χ2v) is 6.73. The van der Waals surface area contributed by atoms with Gasteiger partial charge in [0.25, 0.3) is 0 Å². The molecule has 1 heterocycles. The Balaban J connectivity index is 1.54. The molecule has 6 heteroatoms. The Morgan fingerprint density at radius 1 is 1.12 bits per heavy atom. The number of nitrogens with zero attached hydrogens (tertiary/aromatic N) is 1. The maximum Gasteiger partial charge on any atom is 0.225 e. The van der Waals surface area contributed by atoms with Crippen LogP contribution in [0.2, 0.25) is 0 Å². The Hall–Kier alpha value is -2.31. The number of hydrogen-bond acceptors (Lipinski definition) is 3. The summed E-state index contributed by atoms with van der Waals surface area (Å²) in [5.41, 5.74) is 7.34. The largest absolute Gasteiger partial charge is 0.330 e. The second-order valence-electron chi connectivity index (χ2n) is 6.73. The highest BCUT2D eigenvalue weighted by atomic mass is 19.1. The first-order valence-corrected chi connectivity index (χ1v) is 8.78. The first-order valence-electron chi connectivity index (χ1n) is 8.78. The van der Waals surface area contributed by atoms with Crippen molar-refractivity contribution in [1.29, 1.82) is 0 Å². The normalized spacial score (nSPS) is 20.3. The van der Waals surface area contributed by atoms with E-state index in [4.69, 9.17) is 5.73 Å². The number of carbonyl (C=O) groups is 1. The van der Waals surface area contributed by atoms with E-state index in [0.29, 0.717) is 24.9 Å². The number of nitrogens with one attached hydrogen (secondary N) is 1. The van der Waals surface area contributed by atoms with Crippen molar-refractivity contribution in [3.63, 3.8) is 0 Å². The highest BCUT2D eigenvalue weighted by Gasteiger charge is 2.32. The molecule has 3 N–H and O–H groups in total. The van der Waals surface area contributed by atoms with Crippen LogP contribution in [0.25, 0.3) is 0 Å². The molecule has 1 amide bonds. The predicted octanol–water partition coefficient (Wildman–Crippen LogP) is 2.97. The van der Waals surface area contributed by atoms with Crippen molar-refractivity contribution in [2.24, 2.45) is 11.7 Å². The molecule has 1 aliphatic heterocycles. The first kappa shape index (κ1) is 18.5. The van der Waals surface area contributed by atoms with E-state index in [1.807, 2.05) is 18.2 Å². The maximum atomic E-state index is 13.2. The lowest BCUT2D eigenvalue weighted by Crippen LogP contribution is -2.27. The van der Waals surface area contributed by atoms with Crippen LogP contribution in [0.15, 0.2) is 48.5 Å². The summed E-state index contributed by atoms with van der Waals surface area (Å²) in [4.78, 5) is 14.3. The summed E-state index contributed by atoms with van der Waals surface area (Å²) in [5, 5.41) is 2.55. The third kappa shape index (κ3) is 4.65. The number of nitrogens with two attached hydrogens (primary N) is 1. The molecule has 0 saturated carbocycles. The zero-order valence-corrected chi connectivity index (χ0v) is 14.5. The van der Waals surface area contributed by atoms with Crippen LogP contribution in [0.4, 0.5) is 14.5 Å². The van der Waals surface area contributed by atoms with Crippen molar-refractivity contribution in [3.05, 3.63) is 65.7 Å². The van der Waals surface area contributed by atoms with Gasteiger partial charge in [0.2, 0.25) is 5.91 Å². The molecule has 0 spiro atoms. The number of halogens is 2. The lowest BCUT2D eigenvalue weighted by Gasteiger charge is -2.16. The fourth-order valence-electron chi connectivity index (χ4n) is 3.57. The van der Waals surface area contributed by atoms with Crippen LogP contribution in [-0.4, -0.2) is 37.0 Å². The summed E-state index contributed by atoms with van der Waals surface area (Å²) < 4.78 is 26.4. The molecule has 1 fully saturated rings. The molecule has 1 saturated heterocycles. The molecule has 0 bridgehead atoms. The minimum absolute atomic E-state index is 0.135. The number of benzene rings is 2. The molecule has 26 heavy (non-hydrogen) atoms. The van der Waals surface area contributed by atoms with Crippen molar-refractivity contribution in [2.45, 2.75) is 12.3 Å². The number of carbonyl (C=O) groups excluding carboxylic acids is 1. The fraction of sp³-hybridized carbons (Fsp3) is 0.350. The molecule has 0 aromatic heterocycles. The molecular formula is C20H23F2N3O. The number of anilines is 1. The zero-order valence-electron chi connectivity index (χ0n) is 14.5. The zero-order chi connectivity index (χ0) is 18.5. The second kappa shape index (κ2) is 8.38. The third-order valence-electron chi connectivity index (χ3n) is 4.85. The van der Waals surface area contributed by atoms with Gasteiger partial charge in [0.05, 0.1) is 0 Å². The Labute approximate surface area is 152 Å². The number of amides is 1. The molecule has 0 radical (unpaired) electrons. The lowest BCUT2D eigenvalue weighted by atomic mass is 9.89. The van der Waals surface area contributed by atoms with Crippen molar-refractivity contribution in [3.8, 4) is 0 Å². The van der Waals surface area contributed by atoms with Gasteiger partial charge in [0.1, 0.15) is 11.6 Å². The van der Waals surface area contributed by atoms with E-state index in [-0.39, 0.29) is 18.0 Å². The van der Waals surface area contributed by atoms with Crippen LogP contribution in [0.3, 0.4) is 0 Å². The van der Waals surface area contributed by atoms with Crippen LogP contribution >= 0.6 is 0 Å². The van der Waals surface area contributed by atoms with Crippen LogP contribution < -0.4 is 11.1 Å². The van der Waals surface area contributed by atoms with E-state index in [2.05, 4.69) is 22.3 Å². The topological polar surface area (TPSA) is 58.4 Å². The minimum Gasteiger partial charge on any atom is -0.330 e. The van der Waals surface area contributed by atoms with Crippen molar-refractivity contribution in [1.82, 2.24) is 4.90 Å². The third-order valence-corrected chi connectivity index (χ3v) is 4.85. The summed E-state index contributed by atoms with van der Waals surface area (Å²) in [6.45, 7) is 2.89. The molecule has 138 valence electrons. The van der Waals surface area contributed by atoms with Crippen molar-refractivity contribution in [2.75, 3.05) is 31.5 Å². The molecule has 2 aromatic carbocycles. The van der Waals surface area contributed by atoms with E-state index < -0.39 is 11.6 Å². The smallest absolute Gasteiger partial charge is 0.225 e. The van der Waals surface area contributed by atoms with Gasteiger partial charge in [-0.25, -0.2) is 8.78 Å². The Bertz CT molecular complexity index is 734. The summed E-state index contributed by atoms with van der Waals surface area (Å²) in [7, 11) is 0. The lowest BCUT2D eigenvalue weighted by molar-refractivity contribution is -0.116. The summed E-state index contributed by atoms with van der Waals surface area (Å²) in [5.74, 6) is -0.963. The standard InChI is InChI=1S/C20H23F2N3O/c21-16-8-17(22)10-18(9-16)24-20(26)6-7-25-12-15(11-23)19(13-25)14-4-2-1-3-5-14/h1-5,8-10,15,19H,6-7,11-13,23H2,(H,24,26)/t15-,19+/m1/s1. The van der Waals surface area contributed by atoms with Crippen LogP contribution in [-0.2, 0) is 4.79 Å². The van der Waals surface area contributed by atoms with E-state index in [0.717, 1.165) is 31.3 Å². The fourth-order valence-corrected chi connectivity index (χ4v) is 3.57. The van der Waals surface area contributed by atoms with Gasteiger partial charge in [-0.1, -0.05) is 30.3 Å². The molecule has 2 atom stereocenters. The van der Waals surface area contributed by atoms with Gasteiger partial charge in [0.15, 0.2) is 0 Å². The molecular weight excluding hydrogens is 336 g/mol. The number of rotatable bonds is 6. The molecule has 0 unspecified atom stereocenters. The number of hydrogen-bond donors (Lipinski definition) is 2. The van der Waals surface area contributed by atoms with Gasteiger partial charge in [0, 0.05) is 43.7 Å². The van der Waals surface area contributed by atoms with Crippen LogP contribution in [0.5, 0.6) is 0 Å². The van der Waals surface area contributed by atoms with E-state index in [1.54, 1.807) is 0 Å². The highest BCUT2D eigenvalue weighted by molar-refractivity contribution is 5.90. The van der Waals surface area contributed by atoms with E-state index >= 15 is 0 Å². The van der Waals surface area contributed by atoms with Crippen molar-refractivity contribution < 1.29 is 13.6 Å². The average molecular weight is 359 g/mol. The molecule has 1 aliphatic rings. The summed E-state index contributed by atoms with van der Waals surface area (Å²) in [6, 6.07) is 13.3. The minimum atomic E-state index is -0.712. The quantitative estimate of drug-likeness (QED) is 0.834. The van der Waals surface area contributed by atoms with Gasteiger partial charge in [-0.05, 0) is 30.2 Å². The monoisotopic (exact) mass is 359 g/mol. The van der Waals surface area contributed by atoms with Gasteiger partial charge in [-0.2, -0.15) is 0 Å². The molecule has 2 aromatic rings. The maximum absolute atomic E-state index is 13.2. The Morgan fingerprint density at radius 2 is 1.81 bits per heavy atom. The predicted molar refractivity (Wildman–Crippen MR) is 97.8 cm³/mol. The molecule has 3 rings (SSSR count). The Kier molecular flexibility index (Phi) is 5.96. The first-order chi connectivity index (χ1) is 12.5. The summed E-state index contributed by atoms with van der Waals surface area (Å²) in [6.07, 6.45) is 0.261. The molecule has 4 nitrogen and oxygen atoms in total. The highest BCUT2D eigenvalue weighted by Crippen LogP contribution is 2.31. The molecule has 0 aliphatic carbocycles. The summed E-state index contributed by atoms with van der Waals surface area (Å²) >= 11 is 0.